The Morgan fingerprint density at radius 3 is 3.06 bits per heavy atom. The van der Waals surface area contributed by atoms with Gasteiger partial charge in [0.1, 0.15) is 5.82 Å². The van der Waals surface area contributed by atoms with Crippen molar-refractivity contribution < 1.29 is 9.13 Å². The minimum absolute atomic E-state index is 0.203. The average Bonchev–Trinajstić information content (AvgIpc) is 2.33. The lowest BCUT2D eigenvalue weighted by molar-refractivity contribution is 0.0342. The van der Waals surface area contributed by atoms with E-state index >= 15 is 0 Å². The van der Waals surface area contributed by atoms with Gasteiger partial charge in [0, 0.05) is 23.0 Å². The van der Waals surface area contributed by atoms with Crippen molar-refractivity contribution in [2.45, 2.75) is 18.9 Å². The maximum absolute atomic E-state index is 13.0. The van der Waals surface area contributed by atoms with Crippen molar-refractivity contribution in [3.63, 3.8) is 0 Å². The third-order valence-electron chi connectivity index (χ3n) is 3.34. The molecule has 1 aliphatic rings. The number of rotatable bonds is 3. The molecule has 0 aliphatic carbocycles. The molecular weight excluding hydrogens is 285 g/mol. The van der Waals surface area contributed by atoms with Crippen molar-refractivity contribution in [3.8, 4) is 0 Å². The molecular formula is C13H17BrFNO. The Hall–Kier alpha value is -0.450. The van der Waals surface area contributed by atoms with Gasteiger partial charge in [0.15, 0.2) is 0 Å². The van der Waals surface area contributed by atoms with Gasteiger partial charge in [0.2, 0.25) is 0 Å². The normalized spacial score (nSPS) is 24.9. The van der Waals surface area contributed by atoms with Crippen LogP contribution in [-0.4, -0.2) is 26.3 Å². The topological polar surface area (TPSA) is 21.3 Å². The van der Waals surface area contributed by atoms with E-state index in [2.05, 4.69) is 21.2 Å². The maximum atomic E-state index is 13.0. The third kappa shape index (κ3) is 3.27. The molecule has 2 unspecified atom stereocenters. The molecule has 0 radical (unpaired) electrons. The smallest absolute Gasteiger partial charge is 0.124 e. The average molecular weight is 302 g/mol. The first-order valence-electron chi connectivity index (χ1n) is 5.89. The molecule has 2 rings (SSSR count). The largest absolute Gasteiger partial charge is 0.381 e. The van der Waals surface area contributed by atoms with Crippen LogP contribution in [0, 0.1) is 11.7 Å². The Balaban J connectivity index is 2.08. The van der Waals surface area contributed by atoms with Crippen LogP contribution in [-0.2, 0) is 11.2 Å². The summed E-state index contributed by atoms with van der Waals surface area (Å²) in [5.41, 5.74) is 1.14. The SMILES string of the molecule is CNC1CCOCC1Cc1ccc(F)cc1Br. The number of hydrogen-bond acceptors (Lipinski definition) is 2. The van der Waals surface area contributed by atoms with E-state index in [9.17, 15) is 4.39 Å². The van der Waals surface area contributed by atoms with Gasteiger partial charge in [0.05, 0.1) is 6.61 Å². The van der Waals surface area contributed by atoms with Crippen LogP contribution in [0.2, 0.25) is 0 Å². The second-order valence-corrected chi connectivity index (χ2v) is 5.31. The van der Waals surface area contributed by atoms with Crippen LogP contribution in [0.5, 0.6) is 0 Å². The van der Waals surface area contributed by atoms with E-state index in [-0.39, 0.29) is 5.82 Å². The molecule has 1 aromatic carbocycles. The summed E-state index contributed by atoms with van der Waals surface area (Å²) in [4.78, 5) is 0. The van der Waals surface area contributed by atoms with Gasteiger partial charge in [-0.25, -0.2) is 4.39 Å². The van der Waals surface area contributed by atoms with Crippen molar-refractivity contribution in [3.05, 3.63) is 34.1 Å². The van der Waals surface area contributed by atoms with Crippen LogP contribution in [0.4, 0.5) is 4.39 Å². The van der Waals surface area contributed by atoms with Crippen molar-refractivity contribution >= 4 is 15.9 Å². The van der Waals surface area contributed by atoms with Crippen LogP contribution in [0.15, 0.2) is 22.7 Å². The highest BCUT2D eigenvalue weighted by Crippen LogP contribution is 2.25. The number of halogens is 2. The molecule has 1 heterocycles. The Morgan fingerprint density at radius 1 is 1.53 bits per heavy atom. The molecule has 1 aliphatic heterocycles. The van der Waals surface area contributed by atoms with E-state index in [0.29, 0.717) is 12.0 Å². The first-order valence-corrected chi connectivity index (χ1v) is 6.69. The van der Waals surface area contributed by atoms with Crippen LogP contribution in [0.25, 0.3) is 0 Å². The summed E-state index contributed by atoms with van der Waals surface area (Å²) >= 11 is 3.41. The predicted octanol–water partition coefficient (Wildman–Crippen LogP) is 2.76. The molecule has 0 bridgehead atoms. The van der Waals surface area contributed by atoms with Crippen molar-refractivity contribution in [1.82, 2.24) is 5.32 Å². The third-order valence-corrected chi connectivity index (χ3v) is 4.08. The molecule has 94 valence electrons. The zero-order chi connectivity index (χ0) is 12.3. The molecule has 2 atom stereocenters. The zero-order valence-electron chi connectivity index (χ0n) is 9.88. The van der Waals surface area contributed by atoms with Gasteiger partial charge in [-0.2, -0.15) is 0 Å². The van der Waals surface area contributed by atoms with Gasteiger partial charge in [-0.15, -0.1) is 0 Å². The molecule has 17 heavy (non-hydrogen) atoms. The molecule has 2 nitrogen and oxygen atoms in total. The van der Waals surface area contributed by atoms with E-state index < -0.39 is 0 Å². The van der Waals surface area contributed by atoms with Gasteiger partial charge in [0.25, 0.3) is 0 Å². The molecule has 4 heteroatoms. The molecule has 0 aromatic heterocycles. The summed E-state index contributed by atoms with van der Waals surface area (Å²) < 4.78 is 19.4. The highest BCUT2D eigenvalue weighted by atomic mass is 79.9. The second-order valence-electron chi connectivity index (χ2n) is 4.46. The Kier molecular flexibility index (Phi) is 4.54. The summed E-state index contributed by atoms with van der Waals surface area (Å²) in [6, 6.07) is 5.37. The van der Waals surface area contributed by atoms with Crippen LogP contribution < -0.4 is 5.32 Å². The minimum Gasteiger partial charge on any atom is -0.381 e. The van der Waals surface area contributed by atoms with Crippen molar-refractivity contribution in [2.24, 2.45) is 5.92 Å². The van der Waals surface area contributed by atoms with Gasteiger partial charge in [-0.1, -0.05) is 22.0 Å². The summed E-state index contributed by atoms with van der Waals surface area (Å²) in [5.74, 6) is 0.251. The number of ether oxygens (including phenoxy) is 1. The quantitative estimate of drug-likeness (QED) is 0.927. The Bertz CT molecular complexity index is 386. The van der Waals surface area contributed by atoms with Crippen LogP contribution in [0.1, 0.15) is 12.0 Å². The maximum Gasteiger partial charge on any atom is 0.124 e. The lowest BCUT2D eigenvalue weighted by Gasteiger charge is -2.31. The Morgan fingerprint density at radius 2 is 2.35 bits per heavy atom. The lowest BCUT2D eigenvalue weighted by atomic mass is 9.89. The van der Waals surface area contributed by atoms with Crippen LogP contribution >= 0.6 is 15.9 Å². The van der Waals surface area contributed by atoms with Gasteiger partial charge >= 0.3 is 0 Å². The van der Waals surface area contributed by atoms with E-state index in [4.69, 9.17) is 4.74 Å². The minimum atomic E-state index is -0.203. The second kappa shape index (κ2) is 5.94. The fourth-order valence-corrected chi connectivity index (χ4v) is 2.86. The van der Waals surface area contributed by atoms with E-state index in [1.165, 1.54) is 12.1 Å². The van der Waals surface area contributed by atoms with Gasteiger partial charge < -0.3 is 10.1 Å². The summed E-state index contributed by atoms with van der Waals surface area (Å²) in [6.45, 7) is 1.60. The molecule has 0 saturated carbocycles. The van der Waals surface area contributed by atoms with E-state index in [0.717, 1.165) is 36.1 Å². The first-order chi connectivity index (χ1) is 8.20. The van der Waals surface area contributed by atoms with Gasteiger partial charge in [-0.3, -0.25) is 0 Å². The highest BCUT2D eigenvalue weighted by molar-refractivity contribution is 9.10. The Labute approximate surface area is 110 Å². The van der Waals surface area contributed by atoms with Gasteiger partial charge in [-0.05, 0) is 37.6 Å². The first kappa shape index (κ1) is 13.0. The highest BCUT2D eigenvalue weighted by Gasteiger charge is 2.25. The zero-order valence-corrected chi connectivity index (χ0v) is 11.5. The molecule has 0 spiro atoms. The molecule has 1 N–H and O–H groups in total. The van der Waals surface area contributed by atoms with E-state index in [1.807, 2.05) is 13.1 Å². The van der Waals surface area contributed by atoms with Crippen molar-refractivity contribution in [1.29, 1.82) is 0 Å². The standard InChI is InChI=1S/C13H17BrFNO/c1-16-13-4-5-17-8-10(13)6-9-2-3-11(15)7-12(9)14/h2-3,7,10,13,16H,4-6,8H2,1H3. The lowest BCUT2D eigenvalue weighted by Crippen LogP contribution is -2.41. The molecule has 1 saturated heterocycles. The summed E-state index contributed by atoms with van der Waals surface area (Å²) in [5, 5.41) is 3.34. The summed E-state index contributed by atoms with van der Waals surface area (Å²) in [7, 11) is 1.99. The number of hydrogen-bond donors (Lipinski definition) is 1. The number of nitrogens with one attached hydrogen (secondary N) is 1. The summed E-state index contributed by atoms with van der Waals surface area (Å²) in [6.07, 6.45) is 1.95. The molecule has 0 amide bonds. The van der Waals surface area contributed by atoms with Crippen molar-refractivity contribution in [2.75, 3.05) is 20.3 Å². The fourth-order valence-electron chi connectivity index (χ4n) is 2.35. The molecule has 1 fully saturated rings. The number of benzene rings is 1. The van der Waals surface area contributed by atoms with Crippen LogP contribution in [0.3, 0.4) is 0 Å². The molecule has 1 aromatic rings. The fraction of sp³-hybridized carbons (Fsp3) is 0.538. The van der Waals surface area contributed by atoms with E-state index in [1.54, 1.807) is 0 Å². The predicted molar refractivity (Wildman–Crippen MR) is 69.6 cm³/mol. The monoisotopic (exact) mass is 301 g/mol.